The zero-order chi connectivity index (χ0) is 16.4. The Morgan fingerprint density at radius 2 is 2.00 bits per heavy atom. The lowest BCUT2D eigenvalue weighted by Crippen LogP contribution is -2.28. The van der Waals surface area contributed by atoms with Crippen LogP contribution < -0.4 is 11.1 Å². The number of amides is 1. The van der Waals surface area contributed by atoms with Gasteiger partial charge in [0.15, 0.2) is 0 Å². The third kappa shape index (κ3) is 5.21. The highest BCUT2D eigenvalue weighted by molar-refractivity contribution is 7.90. The molecule has 1 aromatic heterocycles. The number of nitrogens with one attached hydrogen (secondary N) is 1. The highest BCUT2D eigenvalue weighted by Crippen LogP contribution is 2.29. The molecule has 0 saturated carbocycles. The second kappa shape index (κ2) is 5.88. The summed E-state index contributed by atoms with van der Waals surface area (Å²) in [6.45, 7) is 1.44. The van der Waals surface area contributed by atoms with Crippen LogP contribution in [0.5, 0.6) is 0 Å². The largest absolute Gasteiger partial charge is 0.433 e. The molecule has 1 aromatic rings. The summed E-state index contributed by atoms with van der Waals surface area (Å²) in [7, 11) is -3.34. The Balaban J connectivity index is 3.15. The second-order valence-electron chi connectivity index (χ2n) is 4.59. The number of pyridine rings is 1. The summed E-state index contributed by atoms with van der Waals surface area (Å²) < 4.78 is 60.1. The average molecular weight is 325 g/mol. The van der Waals surface area contributed by atoms with Gasteiger partial charge in [0.2, 0.25) is 0 Å². The number of carbonyl (C=O) groups excluding carboxylic acids is 1. The van der Waals surface area contributed by atoms with Gasteiger partial charge in [-0.25, -0.2) is 13.4 Å². The number of alkyl halides is 3. The molecule has 0 aliphatic carbocycles. The van der Waals surface area contributed by atoms with E-state index in [-0.39, 0.29) is 11.3 Å². The molecule has 0 aliphatic rings. The lowest BCUT2D eigenvalue weighted by molar-refractivity contribution is -0.141. The van der Waals surface area contributed by atoms with Gasteiger partial charge in [-0.15, -0.1) is 0 Å². The van der Waals surface area contributed by atoms with Gasteiger partial charge >= 0.3 is 6.18 Å². The second-order valence-corrected chi connectivity index (χ2v) is 6.78. The Hall–Kier alpha value is -1.84. The van der Waals surface area contributed by atoms with Crippen LogP contribution in [0.3, 0.4) is 0 Å². The van der Waals surface area contributed by atoms with Crippen LogP contribution in [0.2, 0.25) is 0 Å². The van der Waals surface area contributed by atoms with Gasteiger partial charge in [0.1, 0.15) is 21.3 Å². The number of nitrogens with zero attached hydrogens (tertiary/aromatic N) is 1. The van der Waals surface area contributed by atoms with Crippen LogP contribution in [0.15, 0.2) is 12.1 Å². The van der Waals surface area contributed by atoms with Crippen molar-refractivity contribution in [2.24, 2.45) is 5.73 Å². The lowest BCUT2D eigenvalue weighted by atomic mass is 10.2. The molecule has 0 bridgehead atoms. The summed E-state index contributed by atoms with van der Waals surface area (Å²) in [5.41, 5.74) is 3.60. The first-order chi connectivity index (χ1) is 9.40. The third-order valence-corrected chi connectivity index (χ3v) is 3.49. The fraction of sp³-hybridized carbons (Fsp3) is 0.455. The van der Waals surface area contributed by atoms with Crippen LogP contribution in [-0.4, -0.2) is 37.4 Å². The predicted molar refractivity (Wildman–Crippen MR) is 70.6 cm³/mol. The van der Waals surface area contributed by atoms with E-state index >= 15 is 0 Å². The van der Waals surface area contributed by atoms with E-state index in [1.807, 2.05) is 0 Å². The molecule has 6 nitrogen and oxygen atoms in total. The summed E-state index contributed by atoms with van der Waals surface area (Å²) in [4.78, 5) is 14.5. The topological polar surface area (TPSA) is 102 Å². The van der Waals surface area contributed by atoms with Crippen LogP contribution in [0.25, 0.3) is 0 Å². The maximum absolute atomic E-state index is 12.6. The zero-order valence-corrected chi connectivity index (χ0v) is 12.0. The number of hydrogen-bond donors (Lipinski definition) is 2. The molecule has 1 atom stereocenters. The Labute approximate surface area is 119 Å². The van der Waals surface area contributed by atoms with E-state index in [0.717, 1.165) is 12.3 Å². The molecule has 10 heteroatoms. The molecule has 0 aliphatic heterocycles. The highest BCUT2D eigenvalue weighted by atomic mass is 32.2. The minimum atomic E-state index is -4.69. The van der Waals surface area contributed by atoms with E-state index in [0.29, 0.717) is 6.07 Å². The Kier molecular flexibility index (Phi) is 4.82. The van der Waals surface area contributed by atoms with Crippen molar-refractivity contribution in [3.63, 3.8) is 0 Å². The number of aromatic nitrogens is 1. The van der Waals surface area contributed by atoms with Crippen molar-refractivity contribution < 1.29 is 26.4 Å². The molecular formula is C11H14F3N3O3S. The number of sulfone groups is 1. The quantitative estimate of drug-likeness (QED) is 0.842. The number of rotatable bonds is 5. The molecule has 1 amide bonds. The van der Waals surface area contributed by atoms with Gasteiger partial charge in [-0.05, 0) is 19.1 Å². The molecular weight excluding hydrogens is 311 g/mol. The monoisotopic (exact) mass is 325 g/mol. The number of halogens is 3. The highest BCUT2D eigenvalue weighted by Gasteiger charge is 2.33. The smallest absolute Gasteiger partial charge is 0.366 e. The van der Waals surface area contributed by atoms with Crippen molar-refractivity contribution in [3.8, 4) is 0 Å². The van der Waals surface area contributed by atoms with Gasteiger partial charge < -0.3 is 11.1 Å². The average Bonchev–Trinajstić information content (AvgIpc) is 2.24. The molecule has 118 valence electrons. The Bertz CT molecular complexity index is 644. The van der Waals surface area contributed by atoms with Crippen LogP contribution in [-0.2, 0) is 16.0 Å². The van der Waals surface area contributed by atoms with Gasteiger partial charge in [0.25, 0.3) is 5.91 Å². The van der Waals surface area contributed by atoms with E-state index < -0.39 is 39.5 Å². The fourth-order valence-corrected chi connectivity index (χ4v) is 2.65. The molecule has 1 unspecified atom stereocenters. The third-order valence-electron chi connectivity index (χ3n) is 2.39. The number of carbonyl (C=O) groups is 1. The number of primary amides is 1. The molecule has 0 radical (unpaired) electrons. The van der Waals surface area contributed by atoms with Gasteiger partial charge in [-0.3, -0.25) is 4.79 Å². The minimum absolute atomic E-state index is 0.247. The van der Waals surface area contributed by atoms with Crippen molar-refractivity contribution in [1.29, 1.82) is 0 Å². The summed E-state index contributed by atoms with van der Waals surface area (Å²) in [5, 5.41) is 2.47. The zero-order valence-electron chi connectivity index (χ0n) is 11.2. The molecule has 0 saturated heterocycles. The Morgan fingerprint density at radius 1 is 1.43 bits per heavy atom. The van der Waals surface area contributed by atoms with Crippen molar-refractivity contribution in [2.75, 3.05) is 17.3 Å². The standard InChI is InChI=1S/C11H14F3N3O3S/c1-6(5-21(2,19)20)16-10-7(9(15)18)3-4-8(17-10)11(12,13)14/h3-4,6H,5H2,1-2H3,(H2,15,18)(H,16,17). The molecule has 1 heterocycles. The summed E-state index contributed by atoms with van der Waals surface area (Å²) in [5.74, 6) is -1.69. The molecule has 0 fully saturated rings. The van der Waals surface area contributed by atoms with Crippen molar-refractivity contribution in [3.05, 3.63) is 23.4 Å². The van der Waals surface area contributed by atoms with Crippen LogP contribution in [0.1, 0.15) is 23.0 Å². The number of anilines is 1. The first-order valence-electron chi connectivity index (χ1n) is 5.72. The maximum atomic E-state index is 12.6. The summed E-state index contributed by atoms with van der Waals surface area (Å²) >= 11 is 0. The first-order valence-corrected chi connectivity index (χ1v) is 7.78. The van der Waals surface area contributed by atoms with E-state index in [2.05, 4.69) is 10.3 Å². The summed E-state index contributed by atoms with van der Waals surface area (Å²) in [6, 6.07) is 0.786. The SMILES string of the molecule is CC(CS(C)(=O)=O)Nc1nc(C(F)(F)F)ccc1C(N)=O. The van der Waals surface area contributed by atoms with Crippen molar-refractivity contribution >= 4 is 21.6 Å². The normalized spacial score (nSPS) is 13.8. The number of hydrogen-bond acceptors (Lipinski definition) is 5. The van der Waals surface area contributed by atoms with E-state index in [4.69, 9.17) is 5.73 Å². The summed E-state index contributed by atoms with van der Waals surface area (Å²) in [6.07, 6.45) is -3.70. The minimum Gasteiger partial charge on any atom is -0.366 e. The molecule has 1 rings (SSSR count). The molecule has 0 spiro atoms. The number of nitrogens with two attached hydrogens (primary N) is 1. The van der Waals surface area contributed by atoms with Gasteiger partial charge in [0.05, 0.1) is 11.3 Å². The maximum Gasteiger partial charge on any atom is 0.433 e. The molecule has 0 aromatic carbocycles. The van der Waals surface area contributed by atoms with Gasteiger partial charge in [-0.2, -0.15) is 13.2 Å². The predicted octanol–water partition coefficient (Wildman–Crippen LogP) is 1.04. The lowest BCUT2D eigenvalue weighted by Gasteiger charge is -2.17. The first kappa shape index (κ1) is 17.2. The van der Waals surface area contributed by atoms with E-state index in [9.17, 15) is 26.4 Å². The molecule has 3 N–H and O–H groups in total. The van der Waals surface area contributed by atoms with E-state index in [1.165, 1.54) is 6.92 Å². The van der Waals surface area contributed by atoms with Gasteiger partial charge in [0, 0.05) is 12.3 Å². The van der Waals surface area contributed by atoms with Gasteiger partial charge in [-0.1, -0.05) is 0 Å². The van der Waals surface area contributed by atoms with Crippen LogP contribution in [0, 0.1) is 0 Å². The van der Waals surface area contributed by atoms with Crippen LogP contribution >= 0.6 is 0 Å². The fourth-order valence-electron chi connectivity index (χ4n) is 1.66. The van der Waals surface area contributed by atoms with Crippen LogP contribution in [0.4, 0.5) is 19.0 Å². The molecule has 21 heavy (non-hydrogen) atoms. The van der Waals surface area contributed by atoms with Crippen molar-refractivity contribution in [1.82, 2.24) is 4.98 Å². The van der Waals surface area contributed by atoms with E-state index in [1.54, 1.807) is 0 Å². The van der Waals surface area contributed by atoms with Crippen molar-refractivity contribution in [2.45, 2.75) is 19.1 Å². The Morgan fingerprint density at radius 3 is 2.43 bits per heavy atom.